The average molecular weight is 223 g/mol. The Kier molecular flexibility index (Phi) is 8.28. The second kappa shape index (κ2) is 9.74. The van der Waals surface area contributed by atoms with Crippen LogP contribution in [0.2, 0.25) is 0 Å². The van der Waals surface area contributed by atoms with Crippen molar-refractivity contribution < 1.29 is 0 Å². The second-order valence-corrected chi connectivity index (χ2v) is 5.04. The summed E-state index contributed by atoms with van der Waals surface area (Å²) in [5.41, 5.74) is 0. The van der Waals surface area contributed by atoms with E-state index in [4.69, 9.17) is 0 Å². The fraction of sp³-hybridized carbons (Fsp3) is 0.867. The molecule has 16 heavy (non-hydrogen) atoms. The Bertz CT molecular complexity index is 168. The topological polar surface area (TPSA) is 3.24 Å². The van der Waals surface area contributed by atoms with Crippen LogP contribution in [-0.4, -0.2) is 18.0 Å². The molecule has 1 heteroatoms. The van der Waals surface area contributed by atoms with E-state index in [-0.39, 0.29) is 0 Å². The van der Waals surface area contributed by atoms with Crippen molar-refractivity contribution in [3.8, 4) is 0 Å². The van der Waals surface area contributed by atoms with Crippen molar-refractivity contribution in [1.29, 1.82) is 0 Å². The van der Waals surface area contributed by atoms with Gasteiger partial charge in [-0.25, -0.2) is 0 Å². The molecule has 0 bridgehead atoms. The van der Waals surface area contributed by atoms with E-state index in [1.807, 2.05) is 0 Å². The van der Waals surface area contributed by atoms with E-state index >= 15 is 0 Å². The standard InChI is InChI=1S/C15H29N/c1-2-3-4-5-6-7-8-10-13-16-14-11-9-12-15-16/h10,13H,2-9,11-12,14-15H2,1H3. The summed E-state index contributed by atoms with van der Waals surface area (Å²) in [5.74, 6) is 0. The highest BCUT2D eigenvalue weighted by atomic mass is 15.1. The second-order valence-electron chi connectivity index (χ2n) is 5.04. The van der Waals surface area contributed by atoms with E-state index in [1.165, 1.54) is 77.3 Å². The van der Waals surface area contributed by atoms with Gasteiger partial charge >= 0.3 is 0 Å². The van der Waals surface area contributed by atoms with Crippen LogP contribution < -0.4 is 0 Å². The van der Waals surface area contributed by atoms with Gasteiger partial charge in [0, 0.05) is 13.1 Å². The lowest BCUT2D eigenvalue weighted by Gasteiger charge is -2.24. The summed E-state index contributed by atoms with van der Waals surface area (Å²) in [6.45, 7) is 4.85. The summed E-state index contributed by atoms with van der Waals surface area (Å²) in [6.07, 6.45) is 18.7. The SMILES string of the molecule is CCCCCCCCC=CN1CCCCC1. The fourth-order valence-corrected chi connectivity index (χ4v) is 2.33. The number of rotatable bonds is 8. The molecule has 1 nitrogen and oxygen atoms in total. The van der Waals surface area contributed by atoms with Gasteiger partial charge in [-0.15, -0.1) is 0 Å². The average Bonchev–Trinajstić information content (AvgIpc) is 2.34. The van der Waals surface area contributed by atoms with Gasteiger partial charge in [0.15, 0.2) is 0 Å². The first kappa shape index (κ1) is 13.6. The summed E-state index contributed by atoms with van der Waals surface area (Å²) in [5, 5.41) is 0. The molecule has 0 N–H and O–H groups in total. The molecule has 0 spiro atoms. The zero-order valence-corrected chi connectivity index (χ0v) is 11.1. The molecule has 0 amide bonds. The van der Waals surface area contributed by atoms with E-state index in [0.717, 1.165) is 0 Å². The molecule has 0 aliphatic carbocycles. The highest BCUT2D eigenvalue weighted by Gasteiger charge is 2.04. The molecule has 1 saturated heterocycles. The van der Waals surface area contributed by atoms with Crippen LogP contribution in [0.1, 0.15) is 71.1 Å². The van der Waals surface area contributed by atoms with Crippen LogP contribution in [-0.2, 0) is 0 Å². The smallest absolute Gasteiger partial charge is 0.0172 e. The Morgan fingerprint density at radius 2 is 1.56 bits per heavy atom. The summed E-state index contributed by atoms with van der Waals surface area (Å²) >= 11 is 0. The van der Waals surface area contributed by atoms with Gasteiger partial charge in [0.1, 0.15) is 0 Å². The van der Waals surface area contributed by atoms with Crippen LogP contribution in [0.25, 0.3) is 0 Å². The van der Waals surface area contributed by atoms with Crippen LogP contribution in [0.5, 0.6) is 0 Å². The maximum absolute atomic E-state index is 2.49. The van der Waals surface area contributed by atoms with Crippen molar-refractivity contribution in [2.75, 3.05) is 13.1 Å². The van der Waals surface area contributed by atoms with Gasteiger partial charge in [-0.1, -0.05) is 45.1 Å². The zero-order valence-electron chi connectivity index (χ0n) is 11.1. The van der Waals surface area contributed by atoms with Gasteiger partial charge in [0.05, 0.1) is 0 Å². The molecule has 1 aliphatic heterocycles. The molecule has 0 atom stereocenters. The maximum atomic E-state index is 2.49. The maximum Gasteiger partial charge on any atom is 0.0172 e. The molecule has 1 heterocycles. The van der Waals surface area contributed by atoms with Crippen molar-refractivity contribution in [2.45, 2.75) is 71.1 Å². The molecule has 0 aromatic rings. The van der Waals surface area contributed by atoms with Crippen LogP contribution in [0, 0.1) is 0 Å². The summed E-state index contributed by atoms with van der Waals surface area (Å²) in [7, 11) is 0. The Labute approximate surface area is 102 Å². The normalized spacial score (nSPS) is 17.2. The number of piperidine rings is 1. The molecule has 0 aromatic carbocycles. The van der Waals surface area contributed by atoms with Gasteiger partial charge in [0.25, 0.3) is 0 Å². The number of likely N-dealkylation sites (tertiary alicyclic amines) is 1. The van der Waals surface area contributed by atoms with Gasteiger partial charge in [-0.2, -0.15) is 0 Å². The quantitative estimate of drug-likeness (QED) is 0.537. The van der Waals surface area contributed by atoms with E-state index < -0.39 is 0 Å². The predicted molar refractivity (Wildman–Crippen MR) is 72.6 cm³/mol. The summed E-state index contributed by atoms with van der Waals surface area (Å²) in [4.78, 5) is 2.49. The highest BCUT2D eigenvalue weighted by Crippen LogP contribution is 2.10. The molecule has 1 fully saturated rings. The Morgan fingerprint density at radius 1 is 0.875 bits per heavy atom. The lowest BCUT2D eigenvalue weighted by atomic mass is 10.1. The van der Waals surface area contributed by atoms with E-state index in [1.54, 1.807) is 0 Å². The van der Waals surface area contributed by atoms with Gasteiger partial charge < -0.3 is 4.90 Å². The largest absolute Gasteiger partial charge is 0.378 e. The molecule has 0 saturated carbocycles. The number of hydrogen-bond donors (Lipinski definition) is 0. The third-order valence-corrected chi connectivity index (χ3v) is 3.43. The summed E-state index contributed by atoms with van der Waals surface area (Å²) in [6, 6.07) is 0. The first-order valence-electron chi connectivity index (χ1n) is 7.34. The molecule has 0 aromatic heterocycles. The van der Waals surface area contributed by atoms with Crippen LogP contribution >= 0.6 is 0 Å². The Hall–Kier alpha value is -0.460. The number of allylic oxidation sites excluding steroid dienone is 1. The number of hydrogen-bond acceptors (Lipinski definition) is 1. The van der Waals surface area contributed by atoms with Crippen LogP contribution in [0.15, 0.2) is 12.3 Å². The van der Waals surface area contributed by atoms with E-state index in [9.17, 15) is 0 Å². The summed E-state index contributed by atoms with van der Waals surface area (Å²) < 4.78 is 0. The lowest BCUT2D eigenvalue weighted by molar-refractivity contribution is 0.308. The fourth-order valence-electron chi connectivity index (χ4n) is 2.33. The molecule has 1 aliphatic rings. The van der Waals surface area contributed by atoms with Crippen LogP contribution in [0.3, 0.4) is 0 Å². The monoisotopic (exact) mass is 223 g/mol. The number of nitrogens with zero attached hydrogens (tertiary/aromatic N) is 1. The number of unbranched alkanes of at least 4 members (excludes halogenated alkanes) is 6. The van der Waals surface area contributed by atoms with Crippen LogP contribution in [0.4, 0.5) is 0 Å². The first-order valence-corrected chi connectivity index (χ1v) is 7.34. The van der Waals surface area contributed by atoms with Gasteiger partial charge in [-0.05, 0) is 38.3 Å². The third-order valence-electron chi connectivity index (χ3n) is 3.43. The Balaban J connectivity index is 1.87. The highest BCUT2D eigenvalue weighted by molar-refractivity contribution is 4.83. The van der Waals surface area contributed by atoms with Crippen molar-refractivity contribution >= 4 is 0 Å². The molecule has 94 valence electrons. The van der Waals surface area contributed by atoms with E-state index in [2.05, 4.69) is 24.1 Å². The Morgan fingerprint density at radius 3 is 2.31 bits per heavy atom. The minimum absolute atomic E-state index is 1.28. The van der Waals surface area contributed by atoms with Crippen molar-refractivity contribution in [3.05, 3.63) is 12.3 Å². The van der Waals surface area contributed by atoms with Gasteiger partial charge in [-0.3, -0.25) is 0 Å². The molecule has 0 unspecified atom stereocenters. The minimum atomic E-state index is 1.28. The molecular formula is C15H29N. The van der Waals surface area contributed by atoms with Crippen molar-refractivity contribution in [1.82, 2.24) is 4.90 Å². The molecule has 0 radical (unpaired) electrons. The van der Waals surface area contributed by atoms with Crippen molar-refractivity contribution in [3.63, 3.8) is 0 Å². The lowest BCUT2D eigenvalue weighted by Crippen LogP contribution is -2.24. The van der Waals surface area contributed by atoms with Gasteiger partial charge in [0.2, 0.25) is 0 Å². The zero-order chi connectivity index (χ0) is 11.5. The minimum Gasteiger partial charge on any atom is -0.378 e. The van der Waals surface area contributed by atoms with Crippen molar-refractivity contribution in [2.24, 2.45) is 0 Å². The predicted octanol–water partition coefficient (Wildman–Crippen LogP) is 4.74. The molecule has 1 rings (SSSR count). The molecular weight excluding hydrogens is 194 g/mol. The third kappa shape index (κ3) is 6.92. The first-order chi connectivity index (χ1) is 7.93. The van der Waals surface area contributed by atoms with E-state index in [0.29, 0.717) is 0 Å².